The molecule has 2 aliphatic rings. The molecule has 1 aromatic heterocycles. The van der Waals surface area contributed by atoms with Crippen LogP contribution >= 0.6 is 11.3 Å². The summed E-state index contributed by atoms with van der Waals surface area (Å²) in [6.45, 7) is 1.78. The first-order valence-electron chi connectivity index (χ1n) is 9.55. The number of hydrogen-bond acceptors (Lipinski definition) is 4. The minimum absolute atomic E-state index is 0.00734. The van der Waals surface area contributed by atoms with Gasteiger partial charge in [-0.25, -0.2) is 0 Å². The summed E-state index contributed by atoms with van der Waals surface area (Å²) in [5, 5.41) is 2.12. The zero-order valence-corrected chi connectivity index (χ0v) is 16.3. The quantitative estimate of drug-likeness (QED) is 0.653. The second-order valence-corrected chi connectivity index (χ2v) is 8.22. The predicted molar refractivity (Wildman–Crippen MR) is 109 cm³/mol. The highest BCUT2D eigenvalue weighted by molar-refractivity contribution is 7.10. The van der Waals surface area contributed by atoms with Gasteiger partial charge in [0.2, 0.25) is 12.7 Å². The van der Waals surface area contributed by atoms with Crippen molar-refractivity contribution in [3.8, 4) is 11.5 Å². The minimum atomic E-state index is -0.00734. The van der Waals surface area contributed by atoms with Crippen LogP contribution in [0.3, 0.4) is 0 Å². The average Bonchev–Trinajstić information content (AvgIpc) is 3.40. The van der Waals surface area contributed by atoms with E-state index in [0.717, 1.165) is 42.1 Å². The molecule has 0 bridgehead atoms. The van der Waals surface area contributed by atoms with Crippen LogP contribution in [0.1, 0.15) is 33.9 Å². The van der Waals surface area contributed by atoms with Gasteiger partial charge in [0.15, 0.2) is 11.5 Å². The molecule has 0 aliphatic carbocycles. The Morgan fingerprint density at radius 3 is 2.79 bits per heavy atom. The first kappa shape index (κ1) is 17.3. The Labute approximate surface area is 168 Å². The number of carbonyl (C=O) groups is 1. The van der Waals surface area contributed by atoms with Gasteiger partial charge < -0.3 is 14.4 Å². The molecular weight excluding hydrogens is 370 g/mol. The summed E-state index contributed by atoms with van der Waals surface area (Å²) in [6, 6.07) is 18.4. The molecule has 1 unspecified atom stereocenters. The number of hydrogen-bond donors (Lipinski definition) is 0. The second kappa shape index (κ2) is 7.32. The van der Waals surface area contributed by atoms with Crippen molar-refractivity contribution in [2.45, 2.75) is 25.3 Å². The number of benzene rings is 2. The molecule has 2 aliphatic heterocycles. The summed E-state index contributed by atoms with van der Waals surface area (Å²) in [5.41, 5.74) is 3.52. The van der Waals surface area contributed by atoms with Crippen LogP contribution in [0, 0.1) is 0 Å². The van der Waals surface area contributed by atoms with E-state index in [1.807, 2.05) is 41.3 Å². The molecule has 0 saturated carbocycles. The molecule has 0 saturated heterocycles. The van der Waals surface area contributed by atoms with Gasteiger partial charge in [-0.1, -0.05) is 36.4 Å². The van der Waals surface area contributed by atoms with Gasteiger partial charge in [-0.3, -0.25) is 4.79 Å². The number of nitrogens with zero attached hydrogens (tertiary/aromatic N) is 1. The standard InChI is InChI=1S/C23H21NO3S/c25-23(24-10-8-22-18(14-24)9-11-28-22)13-19(16-4-2-1-3-5-16)17-6-7-20-21(12-17)27-15-26-20/h1-7,9,11-12,19H,8,10,13-15H2. The molecule has 5 heteroatoms. The van der Waals surface area contributed by atoms with Crippen molar-refractivity contribution in [1.29, 1.82) is 0 Å². The maximum Gasteiger partial charge on any atom is 0.231 e. The molecule has 0 spiro atoms. The average molecular weight is 391 g/mol. The molecule has 0 N–H and O–H groups in total. The molecule has 28 heavy (non-hydrogen) atoms. The van der Waals surface area contributed by atoms with Crippen LogP contribution in [0.15, 0.2) is 60.0 Å². The summed E-state index contributed by atoms with van der Waals surface area (Å²) in [4.78, 5) is 16.6. The number of rotatable bonds is 4. The Bertz CT molecular complexity index is 998. The topological polar surface area (TPSA) is 38.8 Å². The summed E-state index contributed by atoms with van der Waals surface area (Å²) >= 11 is 1.79. The van der Waals surface area contributed by atoms with Gasteiger partial charge in [-0.05, 0) is 46.7 Å². The van der Waals surface area contributed by atoms with Gasteiger partial charge in [0, 0.05) is 30.3 Å². The van der Waals surface area contributed by atoms with E-state index >= 15 is 0 Å². The third-order valence-corrected chi connectivity index (χ3v) is 6.56. The summed E-state index contributed by atoms with van der Waals surface area (Å²) in [7, 11) is 0. The highest BCUT2D eigenvalue weighted by Crippen LogP contribution is 2.38. The maximum atomic E-state index is 13.2. The van der Waals surface area contributed by atoms with E-state index in [1.165, 1.54) is 10.4 Å². The minimum Gasteiger partial charge on any atom is -0.454 e. The van der Waals surface area contributed by atoms with Gasteiger partial charge in [-0.2, -0.15) is 0 Å². The largest absolute Gasteiger partial charge is 0.454 e. The van der Waals surface area contributed by atoms with E-state index in [0.29, 0.717) is 6.42 Å². The molecule has 4 nitrogen and oxygen atoms in total. The zero-order chi connectivity index (χ0) is 18.9. The van der Waals surface area contributed by atoms with Crippen LogP contribution in [-0.4, -0.2) is 24.1 Å². The van der Waals surface area contributed by atoms with E-state index in [4.69, 9.17) is 9.47 Å². The highest BCUT2D eigenvalue weighted by atomic mass is 32.1. The molecule has 3 heterocycles. The third-order valence-electron chi connectivity index (χ3n) is 5.54. The van der Waals surface area contributed by atoms with Crippen LogP contribution in [0.2, 0.25) is 0 Å². The van der Waals surface area contributed by atoms with Crippen LogP contribution < -0.4 is 9.47 Å². The molecule has 142 valence electrons. The van der Waals surface area contributed by atoms with Crippen molar-refractivity contribution in [3.05, 3.63) is 81.5 Å². The first-order chi connectivity index (χ1) is 13.8. The molecule has 2 aromatic carbocycles. The van der Waals surface area contributed by atoms with E-state index in [1.54, 1.807) is 11.3 Å². The van der Waals surface area contributed by atoms with Crippen LogP contribution in [0.5, 0.6) is 11.5 Å². The lowest BCUT2D eigenvalue weighted by Crippen LogP contribution is -2.36. The van der Waals surface area contributed by atoms with Crippen molar-refractivity contribution in [1.82, 2.24) is 4.90 Å². The van der Waals surface area contributed by atoms with Gasteiger partial charge in [-0.15, -0.1) is 11.3 Å². The van der Waals surface area contributed by atoms with Crippen LogP contribution in [-0.2, 0) is 17.8 Å². The molecular formula is C23H21NO3S. The molecule has 0 radical (unpaired) electrons. The van der Waals surface area contributed by atoms with Gasteiger partial charge in [0.05, 0.1) is 0 Å². The lowest BCUT2D eigenvalue weighted by molar-refractivity contribution is -0.132. The Kier molecular flexibility index (Phi) is 4.53. The Hall–Kier alpha value is -2.79. The number of ether oxygens (including phenoxy) is 2. The molecule has 1 atom stereocenters. The van der Waals surface area contributed by atoms with Crippen molar-refractivity contribution < 1.29 is 14.3 Å². The number of carbonyl (C=O) groups excluding carboxylic acids is 1. The van der Waals surface area contributed by atoms with Crippen molar-refractivity contribution in [2.24, 2.45) is 0 Å². The fraction of sp³-hybridized carbons (Fsp3) is 0.261. The molecule has 0 fully saturated rings. The number of amides is 1. The maximum absolute atomic E-state index is 13.2. The Balaban J connectivity index is 1.42. The highest BCUT2D eigenvalue weighted by Gasteiger charge is 2.26. The molecule has 5 rings (SSSR count). The van der Waals surface area contributed by atoms with E-state index in [2.05, 4.69) is 23.6 Å². The fourth-order valence-electron chi connectivity index (χ4n) is 4.01. The van der Waals surface area contributed by atoms with Crippen molar-refractivity contribution in [2.75, 3.05) is 13.3 Å². The summed E-state index contributed by atoms with van der Waals surface area (Å²) in [6.07, 6.45) is 1.40. The molecule has 3 aromatic rings. The zero-order valence-electron chi connectivity index (χ0n) is 15.5. The lowest BCUT2D eigenvalue weighted by atomic mass is 9.87. The van der Waals surface area contributed by atoms with Crippen molar-refractivity contribution in [3.63, 3.8) is 0 Å². The number of fused-ring (bicyclic) bond motifs is 2. The third kappa shape index (κ3) is 3.27. The smallest absolute Gasteiger partial charge is 0.231 e. The van der Waals surface area contributed by atoms with Crippen LogP contribution in [0.4, 0.5) is 0 Å². The monoisotopic (exact) mass is 391 g/mol. The van der Waals surface area contributed by atoms with E-state index < -0.39 is 0 Å². The molecule has 1 amide bonds. The summed E-state index contributed by atoms with van der Waals surface area (Å²) < 4.78 is 11.0. The first-order valence-corrected chi connectivity index (χ1v) is 10.4. The van der Waals surface area contributed by atoms with E-state index in [9.17, 15) is 4.79 Å². The van der Waals surface area contributed by atoms with E-state index in [-0.39, 0.29) is 18.6 Å². The Morgan fingerprint density at radius 2 is 1.89 bits per heavy atom. The lowest BCUT2D eigenvalue weighted by Gasteiger charge is -2.29. The predicted octanol–water partition coefficient (Wildman–Crippen LogP) is 4.58. The van der Waals surface area contributed by atoms with Gasteiger partial charge >= 0.3 is 0 Å². The SMILES string of the molecule is O=C(CC(c1ccccc1)c1ccc2c(c1)OCO2)N1CCc2sccc2C1. The fourth-order valence-corrected chi connectivity index (χ4v) is 4.90. The van der Waals surface area contributed by atoms with Crippen LogP contribution in [0.25, 0.3) is 0 Å². The Morgan fingerprint density at radius 1 is 1.04 bits per heavy atom. The van der Waals surface area contributed by atoms with Gasteiger partial charge in [0.1, 0.15) is 0 Å². The van der Waals surface area contributed by atoms with Crippen molar-refractivity contribution >= 4 is 17.2 Å². The summed E-state index contributed by atoms with van der Waals surface area (Å²) in [5.74, 6) is 1.71. The van der Waals surface area contributed by atoms with Gasteiger partial charge in [0.25, 0.3) is 0 Å². The normalized spacial score (nSPS) is 15.9. The second-order valence-electron chi connectivity index (χ2n) is 7.21. The number of thiophene rings is 1.